The van der Waals surface area contributed by atoms with Gasteiger partial charge in [-0.15, -0.1) is 11.3 Å². The normalized spacial score (nSPS) is 16.3. The minimum Gasteiger partial charge on any atom is -0.335 e. The zero-order valence-electron chi connectivity index (χ0n) is 13.1. The summed E-state index contributed by atoms with van der Waals surface area (Å²) in [5, 5.41) is 0.496. The van der Waals surface area contributed by atoms with Gasteiger partial charge in [0.05, 0.1) is 9.77 Å². The molecular formula is C16H17ClN2O3S2. The van der Waals surface area contributed by atoms with Crippen molar-refractivity contribution in [1.82, 2.24) is 9.21 Å². The van der Waals surface area contributed by atoms with E-state index in [-0.39, 0.29) is 10.8 Å². The first kappa shape index (κ1) is 17.4. The molecule has 0 bridgehead atoms. The fourth-order valence-electron chi connectivity index (χ4n) is 2.59. The van der Waals surface area contributed by atoms with E-state index in [1.54, 1.807) is 17.0 Å². The van der Waals surface area contributed by atoms with Crippen LogP contribution in [0.1, 0.15) is 14.5 Å². The highest BCUT2D eigenvalue weighted by atomic mass is 35.5. The average molecular weight is 385 g/mol. The molecule has 5 nitrogen and oxygen atoms in total. The fraction of sp³-hybridized carbons (Fsp3) is 0.312. The second-order valence-corrected chi connectivity index (χ2v) is 9.22. The monoisotopic (exact) mass is 384 g/mol. The molecular weight excluding hydrogens is 368 g/mol. The van der Waals surface area contributed by atoms with Crippen LogP contribution in [0, 0.1) is 6.92 Å². The van der Waals surface area contributed by atoms with Crippen molar-refractivity contribution in [2.45, 2.75) is 11.8 Å². The third-order valence-corrected chi connectivity index (χ3v) is 7.08. The number of sulfonamides is 1. The molecule has 0 saturated carbocycles. The summed E-state index contributed by atoms with van der Waals surface area (Å²) in [6.07, 6.45) is 0. The number of carbonyl (C=O) groups excluding carboxylic acids is 1. The molecule has 0 aliphatic carbocycles. The Hall–Kier alpha value is -1.41. The summed E-state index contributed by atoms with van der Waals surface area (Å²) < 4.78 is 26.7. The molecule has 1 aliphatic rings. The Balaban J connectivity index is 1.68. The Morgan fingerprint density at radius 1 is 1.04 bits per heavy atom. The van der Waals surface area contributed by atoms with Crippen LogP contribution in [0.5, 0.6) is 0 Å². The maximum atomic E-state index is 12.6. The number of hydrogen-bond acceptors (Lipinski definition) is 4. The number of benzene rings is 1. The van der Waals surface area contributed by atoms with Crippen molar-refractivity contribution in [3.05, 3.63) is 51.2 Å². The molecule has 3 rings (SSSR count). The van der Waals surface area contributed by atoms with Gasteiger partial charge in [0.25, 0.3) is 5.91 Å². The predicted octanol–water partition coefficient (Wildman–Crippen LogP) is 2.86. The second-order valence-electron chi connectivity index (χ2n) is 5.56. The van der Waals surface area contributed by atoms with Crippen molar-refractivity contribution in [3.63, 3.8) is 0 Å². The van der Waals surface area contributed by atoms with Crippen LogP contribution >= 0.6 is 22.9 Å². The first-order valence-corrected chi connectivity index (χ1v) is 10.1. The molecule has 0 unspecified atom stereocenters. The van der Waals surface area contributed by atoms with Crippen molar-refractivity contribution < 1.29 is 13.2 Å². The van der Waals surface area contributed by atoms with Gasteiger partial charge in [0, 0.05) is 36.1 Å². The first-order valence-electron chi connectivity index (χ1n) is 7.49. The van der Waals surface area contributed by atoms with Crippen molar-refractivity contribution >= 4 is 38.9 Å². The third kappa shape index (κ3) is 3.49. The molecule has 1 aromatic carbocycles. The van der Waals surface area contributed by atoms with Gasteiger partial charge in [0.2, 0.25) is 10.0 Å². The molecule has 2 heterocycles. The van der Waals surface area contributed by atoms with E-state index in [9.17, 15) is 13.2 Å². The highest BCUT2D eigenvalue weighted by molar-refractivity contribution is 7.89. The molecule has 0 spiro atoms. The molecule has 1 fully saturated rings. The van der Waals surface area contributed by atoms with E-state index in [2.05, 4.69) is 0 Å². The average Bonchev–Trinajstić information content (AvgIpc) is 3.01. The lowest BCUT2D eigenvalue weighted by Crippen LogP contribution is -2.50. The maximum Gasteiger partial charge on any atom is 0.264 e. The highest BCUT2D eigenvalue weighted by Crippen LogP contribution is 2.22. The molecule has 0 atom stereocenters. The standard InChI is InChI=1S/C16H17ClN2O3S2/c1-12-2-7-15(23-12)16(20)18-8-10-19(11-9-18)24(21,22)14-5-3-13(17)4-6-14/h2-7H,8-11H2,1H3. The van der Waals surface area contributed by atoms with Crippen LogP contribution in [0.4, 0.5) is 0 Å². The fourth-order valence-corrected chi connectivity index (χ4v) is 4.98. The molecule has 2 aromatic rings. The number of rotatable bonds is 3. The number of amides is 1. The third-order valence-electron chi connectivity index (χ3n) is 3.93. The lowest BCUT2D eigenvalue weighted by molar-refractivity contribution is 0.0703. The van der Waals surface area contributed by atoms with Gasteiger partial charge in [-0.2, -0.15) is 4.31 Å². The van der Waals surface area contributed by atoms with E-state index in [0.717, 1.165) is 4.88 Å². The molecule has 24 heavy (non-hydrogen) atoms. The minimum atomic E-state index is -3.55. The summed E-state index contributed by atoms with van der Waals surface area (Å²) in [5.41, 5.74) is 0. The SMILES string of the molecule is Cc1ccc(C(=O)N2CCN(S(=O)(=O)c3ccc(Cl)cc3)CC2)s1. The Morgan fingerprint density at radius 2 is 1.67 bits per heavy atom. The van der Waals surface area contributed by atoms with E-state index < -0.39 is 10.0 Å². The molecule has 8 heteroatoms. The number of aryl methyl sites for hydroxylation is 1. The van der Waals surface area contributed by atoms with E-state index in [4.69, 9.17) is 11.6 Å². The summed E-state index contributed by atoms with van der Waals surface area (Å²) in [7, 11) is -3.55. The topological polar surface area (TPSA) is 57.7 Å². The van der Waals surface area contributed by atoms with Crippen molar-refractivity contribution in [3.8, 4) is 0 Å². The lowest BCUT2D eigenvalue weighted by Gasteiger charge is -2.33. The summed E-state index contributed by atoms with van der Waals surface area (Å²) in [4.78, 5) is 16.1. The van der Waals surface area contributed by atoms with Crippen LogP contribution in [0.15, 0.2) is 41.3 Å². The van der Waals surface area contributed by atoms with Gasteiger partial charge in [0.1, 0.15) is 0 Å². The van der Waals surface area contributed by atoms with Crippen molar-refractivity contribution in [2.75, 3.05) is 26.2 Å². The number of piperazine rings is 1. The van der Waals surface area contributed by atoms with Gasteiger partial charge in [-0.1, -0.05) is 11.6 Å². The van der Waals surface area contributed by atoms with Crippen LogP contribution in [0.2, 0.25) is 5.02 Å². The highest BCUT2D eigenvalue weighted by Gasteiger charge is 2.30. The summed E-state index contributed by atoms with van der Waals surface area (Å²) >= 11 is 7.27. The van der Waals surface area contributed by atoms with Gasteiger partial charge in [0.15, 0.2) is 0 Å². The lowest BCUT2D eigenvalue weighted by atomic mass is 10.3. The van der Waals surface area contributed by atoms with E-state index in [1.807, 2.05) is 19.1 Å². The van der Waals surface area contributed by atoms with Gasteiger partial charge in [-0.3, -0.25) is 4.79 Å². The van der Waals surface area contributed by atoms with Gasteiger partial charge in [-0.05, 0) is 43.3 Å². The number of halogens is 1. The summed E-state index contributed by atoms with van der Waals surface area (Å²) in [5.74, 6) is -0.0309. The Kier molecular flexibility index (Phi) is 4.96. The largest absolute Gasteiger partial charge is 0.335 e. The van der Waals surface area contributed by atoms with Crippen LogP contribution < -0.4 is 0 Å². The molecule has 1 saturated heterocycles. The number of nitrogens with zero attached hydrogens (tertiary/aromatic N) is 2. The predicted molar refractivity (Wildman–Crippen MR) is 95.2 cm³/mol. The molecule has 0 radical (unpaired) electrons. The molecule has 1 aliphatic heterocycles. The summed E-state index contributed by atoms with van der Waals surface area (Å²) in [6, 6.07) is 9.87. The van der Waals surface area contributed by atoms with Crippen molar-refractivity contribution in [1.29, 1.82) is 0 Å². The Bertz CT molecular complexity index is 838. The van der Waals surface area contributed by atoms with Gasteiger partial charge >= 0.3 is 0 Å². The zero-order valence-corrected chi connectivity index (χ0v) is 15.5. The van der Waals surface area contributed by atoms with Crippen LogP contribution in [0.25, 0.3) is 0 Å². The van der Waals surface area contributed by atoms with Crippen LogP contribution in [-0.2, 0) is 10.0 Å². The van der Waals surface area contributed by atoms with Crippen LogP contribution in [-0.4, -0.2) is 49.7 Å². The smallest absolute Gasteiger partial charge is 0.264 e. The van der Waals surface area contributed by atoms with Crippen LogP contribution in [0.3, 0.4) is 0 Å². The second kappa shape index (κ2) is 6.84. The number of thiophene rings is 1. The number of hydrogen-bond donors (Lipinski definition) is 0. The van der Waals surface area contributed by atoms with E-state index in [1.165, 1.54) is 27.8 Å². The molecule has 1 amide bonds. The quantitative estimate of drug-likeness (QED) is 0.817. The van der Waals surface area contributed by atoms with E-state index in [0.29, 0.717) is 36.1 Å². The maximum absolute atomic E-state index is 12.6. The first-order chi connectivity index (χ1) is 11.4. The van der Waals surface area contributed by atoms with Gasteiger partial charge < -0.3 is 4.90 Å². The molecule has 128 valence electrons. The Morgan fingerprint density at radius 3 is 2.21 bits per heavy atom. The van der Waals surface area contributed by atoms with Gasteiger partial charge in [-0.25, -0.2) is 8.42 Å². The molecule has 1 aromatic heterocycles. The number of carbonyl (C=O) groups is 1. The Labute approximate surface area is 150 Å². The van der Waals surface area contributed by atoms with Crippen molar-refractivity contribution in [2.24, 2.45) is 0 Å². The minimum absolute atomic E-state index is 0.0309. The zero-order chi connectivity index (χ0) is 17.3. The molecule has 0 N–H and O–H groups in total. The van der Waals surface area contributed by atoms with E-state index >= 15 is 0 Å². The summed E-state index contributed by atoms with van der Waals surface area (Å²) in [6.45, 7) is 3.32.